The SMILES string of the molecule is O=C([O-])Cn1cnc2ccc([N+](=O)[O-])cc2c1=O. The summed E-state index contributed by atoms with van der Waals surface area (Å²) in [5.41, 5.74) is -0.652. The zero-order valence-electron chi connectivity index (χ0n) is 8.90. The Labute approximate surface area is 99.3 Å². The highest BCUT2D eigenvalue weighted by Gasteiger charge is 2.10. The first-order chi connectivity index (χ1) is 8.49. The summed E-state index contributed by atoms with van der Waals surface area (Å²) in [6.07, 6.45) is 1.06. The fraction of sp³-hybridized carbons (Fsp3) is 0.100. The molecule has 0 radical (unpaired) electrons. The van der Waals surface area contributed by atoms with E-state index in [0.717, 1.165) is 17.0 Å². The van der Waals surface area contributed by atoms with E-state index >= 15 is 0 Å². The number of aliphatic carboxylic acids is 1. The average Bonchev–Trinajstić information content (AvgIpc) is 2.32. The van der Waals surface area contributed by atoms with E-state index in [2.05, 4.69) is 4.98 Å². The maximum Gasteiger partial charge on any atom is 0.270 e. The molecule has 0 aliphatic carbocycles. The average molecular weight is 248 g/mol. The third kappa shape index (κ3) is 2.03. The van der Waals surface area contributed by atoms with Gasteiger partial charge in [0.25, 0.3) is 11.2 Å². The van der Waals surface area contributed by atoms with Crippen molar-refractivity contribution in [3.05, 3.63) is 45.0 Å². The van der Waals surface area contributed by atoms with Gasteiger partial charge >= 0.3 is 0 Å². The lowest BCUT2D eigenvalue weighted by Gasteiger charge is -2.06. The molecule has 0 saturated carbocycles. The van der Waals surface area contributed by atoms with Gasteiger partial charge in [-0.15, -0.1) is 0 Å². The van der Waals surface area contributed by atoms with Gasteiger partial charge in [-0.3, -0.25) is 19.5 Å². The van der Waals surface area contributed by atoms with Gasteiger partial charge in [0.1, 0.15) is 0 Å². The fourth-order valence-corrected chi connectivity index (χ4v) is 1.51. The second-order valence-electron chi connectivity index (χ2n) is 3.51. The van der Waals surface area contributed by atoms with Crippen LogP contribution in [0.15, 0.2) is 29.3 Å². The van der Waals surface area contributed by atoms with E-state index in [9.17, 15) is 24.8 Å². The number of rotatable bonds is 3. The van der Waals surface area contributed by atoms with Crippen LogP contribution in [0.25, 0.3) is 10.9 Å². The summed E-state index contributed by atoms with van der Waals surface area (Å²) in [5, 5.41) is 21.0. The minimum Gasteiger partial charge on any atom is -0.548 e. The van der Waals surface area contributed by atoms with Gasteiger partial charge in [0, 0.05) is 12.1 Å². The second-order valence-corrected chi connectivity index (χ2v) is 3.51. The number of benzene rings is 1. The summed E-state index contributed by atoms with van der Waals surface area (Å²) >= 11 is 0. The molecule has 0 bridgehead atoms. The smallest absolute Gasteiger partial charge is 0.270 e. The van der Waals surface area contributed by atoms with E-state index in [-0.39, 0.29) is 16.6 Å². The minimum absolute atomic E-state index is 0.00653. The van der Waals surface area contributed by atoms with Crippen LogP contribution in [0.1, 0.15) is 0 Å². The number of nitrogens with zero attached hydrogens (tertiary/aromatic N) is 3. The summed E-state index contributed by atoms with van der Waals surface area (Å²) in [7, 11) is 0. The number of carbonyl (C=O) groups is 1. The Morgan fingerprint density at radius 3 is 2.78 bits per heavy atom. The van der Waals surface area contributed by atoms with E-state index in [1.165, 1.54) is 12.1 Å². The lowest BCUT2D eigenvalue weighted by Crippen LogP contribution is -2.32. The highest BCUT2D eigenvalue weighted by atomic mass is 16.6. The number of aromatic nitrogens is 2. The van der Waals surface area contributed by atoms with E-state index in [0.29, 0.717) is 0 Å². The van der Waals surface area contributed by atoms with E-state index in [4.69, 9.17) is 0 Å². The zero-order chi connectivity index (χ0) is 13.3. The van der Waals surface area contributed by atoms with Gasteiger partial charge in [-0.25, -0.2) is 4.98 Å². The number of hydrogen-bond acceptors (Lipinski definition) is 6. The van der Waals surface area contributed by atoms with Gasteiger partial charge in [0.2, 0.25) is 0 Å². The van der Waals surface area contributed by atoms with Crippen molar-refractivity contribution in [3.8, 4) is 0 Å². The minimum atomic E-state index is -1.44. The Kier molecular flexibility index (Phi) is 2.76. The fourth-order valence-electron chi connectivity index (χ4n) is 1.51. The lowest BCUT2D eigenvalue weighted by molar-refractivity contribution is -0.384. The number of carboxylic acid groups (broad SMARTS) is 1. The first kappa shape index (κ1) is 11.7. The number of carbonyl (C=O) groups excluding carboxylic acids is 1. The second kappa shape index (κ2) is 4.24. The van der Waals surface area contributed by atoms with Crippen molar-refractivity contribution in [3.63, 3.8) is 0 Å². The quantitative estimate of drug-likeness (QED) is 0.510. The summed E-state index contributed by atoms with van der Waals surface area (Å²) in [6.45, 7) is -0.648. The number of nitro groups is 1. The van der Waals surface area contributed by atoms with Crippen LogP contribution in [0.2, 0.25) is 0 Å². The molecule has 0 aliphatic heterocycles. The summed E-state index contributed by atoms with van der Waals surface area (Å²) in [4.78, 5) is 36.1. The molecule has 0 saturated heterocycles. The first-order valence-corrected chi connectivity index (χ1v) is 4.82. The lowest BCUT2D eigenvalue weighted by atomic mass is 10.2. The van der Waals surface area contributed by atoms with Crippen LogP contribution in [0, 0.1) is 10.1 Å². The largest absolute Gasteiger partial charge is 0.548 e. The summed E-state index contributed by atoms with van der Waals surface area (Å²) < 4.78 is 0.821. The molecule has 92 valence electrons. The molecule has 0 N–H and O–H groups in total. The molecule has 0 unspecified atom stereocenters. The summed E-state index contributed by atoms with van der Waals surface area (Å²) in [5.74, 6) is -1.44. The van der Waals surface area contributed by atoms with Crippen LogP contribution in [-0.2, 0) is 11.3 Å². The third-order valence-electron chi connectivity index (χ3n) is 2.32. The van der Waals surface area contributed by atoms with Crippen LogP contribution in [0.3, 0.4) is 0 Å². The molecule has 18 heavy (non-hydrogen) atoms. The first-order valence-electron chi connectivity index (χ1n) is 4.82. The molecule has 2 rings (SSSR count). The Balaban J connectivity index is 2.67. The van der Waals surface area contributed by atoms with Gasteiger partial charge in [0.15, 0.2) is 0 Å². The molecule has 0 spiro atoms. The van der Waals surface area contributed by atoms with Crippen LogP contribution in [-0.4, -0.2) is 20.4 Å². The van der Waals surface area contributed by atoms with E-state index in [1.807, 2.05) is 0 Å². The van der Waals surface area contributed by atoms with Crippen LogP contribution >= 0.6 is 0 Å². The van der Waals surface area contributed by atoms with Crippen molar-refractivity contribution < 1.29 is 14.8 Å². The highest BCUT2D eigenvalue weighted by Crippen LogP contribution is 2.15. The number of nitro benzene ring substituents is 1. The van der Waals surface area contributed by atoms with Gasteiger partial charge in [-0.2, -0.15) is 0 Å². The molecule has 2 aromatic rings. The highest BCUT2D eigenvalue weighted by molar-refractivity contribution is 5.80. The Morgan fingerprint density at radius 2 is 2.17 bits per heavy atom. The molecule has 0 amide bonds. The number of fused-ring (bicyclic) bond motifs is 1. The van der Waals surface area contributed by atoms with E-state index < -0.39 is 23.0 Å². The molecular formula is C10H6N3O5-. The van der Waals surface area contributed by atoms with Crippen LogP contribution in [0.4, 0.5) is 5.69 Å². The molecule has 1 aromatic heterocycles. The zero-order valence-corrected chi connectivity index (χ0v) is 8.90. The normalized spacial score (nSPS) is 10.4. The topological polar surface area (TPSA) is 118 Å². The number of carboxylic acids is 1. The molecule has 0 atom stereocenters. The predicted molar refractivity (Wildman–Crippen MR) is 57.7 cm³/mol. The Bertz CT molecular complexity index is 706. The number of hydrogen-bond donors (Lipinski definition) is 0. The molecule has 8 nitrogen and oxygen atoms in total. The summed E-state index contributed by atoms with van der Waals surface area (Å²) in [6, 6.07) is 3.62. The van der Waals surface area contributed by atoms with Crippen LogP contribution < -0.4 is 10.7 Å². The Morgan fingerprint density at radius 1 is 1.44 bits per heavy atom. The molecule has 8 heteroatoms. The third-order valence-corrected chi connectivity index (χ3v) is 2.32. The number of non-ortho nitro benzene ring substituents is 1. The van der Waals surface area contributed by atoms with Crippen molar-refractivity contribution >= 4 is 22.6 Å². The standard InChI is InChI=1S/C10H7N3O5/c14-9(15)4-12-5-11-8-2-1-6(13(17)18)3-7(8)10(12)16/h1-3,5H,4H2,(H,14,15)/p-1. The molecule has 0 aliphatic rings. The molecule has 0 fully saturated rings. The van der Waals surface area contributed by atoms with Crippen LogP contribution in [0.5, 0.6) is 0 Å². The van der Waals surface area contributed by atoms with Crippen molar-refractivity contribution in [1.29, 1.82) is 0 Å². The Hall–Kier alpha value is -2.77. The van der Waals surface area contributed by atoms with Crippen molar-refractivity contribution in [2.24, 2.45) is 0 Å². The van der Waals surface area contributed by atoms with Crippen molar-refractivity contribution in [2.75, 3.05) is 0 Å². The monoisotopic (exact) mass is 248 g/mol. The predicted octanol–water partition coefficient (Wildman–Crippen LogP) is -0.945. The van der Waals surface area contributed by atoms with Gasteiger partial charge in [0.05, 0.1) is 34.7 Å². The molecular weight excluding hydrogens is 242 g/mol. The molecule has 1 heterocycles. The van der Waals surface area contributed by atoms with Gasteiger partial charge in [-0.05, 0) is 6.07 Å². The van der Waals surface area contributed by atoms with Crippen molar-refractivity contribution in [2.45, 2.75) is 6.54 Å². The van der Waals surface area contributed by atoms with Gasteiger partial charge in [-0.1, -0.05) is 0 Å². The van der Waals surface area contributed by atoms with Crippen molar-refractivity contribution in [1.82, 2.24) is 9.55 Å². The van der Waals surface area contributed by atoms with Gasteiger partial charge < -0.3 is 9.90 Å². The maximum atomic E-state index is 11.8. The molecule has 1 aromatic carbocycles. The maximum absolute atomic E-state index is 11.8. The van der Waals surface area contributed by atoms with E-state index in [1.54, 1.807) is 0 Å².